The Morgan fingerprint density at radius 1 is 0.474 bits per heavy atom. The van der Waals surface area contributed by atoms with Gasteiger partial charge in [-0.1, -0.05) is 299 Å². The van der Waals surface area contributed by atoms with E-state index in [1.165, 1.54) is 205 Å². The second-order valence-electron chi connectivity index (χ2n) is 23.1. The smallest absolute Gasteiger partial charge is 0.268 e. The fraction of sp³-hybridized carbons (Fsp3) is 0.806. The lowest BCUT2D eigenvalue weighted by Gasteiger charge is -2.29. The van der Waals surface area contributed by atoms with Gasteiger partial charge in [-0.2, -0.15) is 0 Å². The van der Waals surface area contributed by atoms with E-state index < -0.39 is 20.0 Å². The number of hydrogen-bond donors (Lipinski definition) is 2. The zero-order valence-corrected chi connectivity index (χ0v) is 51.6. The molecule has 9 heteroatoms. The van der Waals surface area contributed by atoms with Crippen molar-refractivity contribution in [1.29, 1.82) is 0 Å². The third-order valence-corrected chi connectivity index (χ3v) is 15.4. The zero-order valence-electron chi connectivity index (χ0n) is 50.7. The Morgan fingerprint density at radius 2 is 0.803 bits per heavy atom. The van der Waals surface area contributed by atoms with Crippen LogP contribution in [0.1, 0.15) is 296 Å². The van der Waals surface area contributed by atoms with Gasteiger partial charge in [0.05, 0.1) is 39.9 Å². The summed E-state index contributed by atoms with van der Waals surface area (Å²) in [7, 11) is 1.26. The molecule has 3 atom stereocenters. The monoisotopic (exact) mass is 1080 g/mol. The molecule has 0 saturated heterocycles. The Bertz CT molecular complexity index is 1470. The van der Waals surface area contributed by atoms with Crippen molar-refractivity contribution in [2.45, 2.75) is 309 Å². The Morgan fingerprint density at radius 3 is 1.17 bits per heavy atom. The van der Waals surface area contributed by atoms with Gasteiger partial charge in [-0.25, -0.2) is 0 Å². The highest BCUT2D eigenvalue weighted by atomic mass is 31.2. The number of carbonyl (C=O) groups is 1. The number of phosphoric ester groups is 1. The molecule has 0 heterocycles. The van der Waals surface area contributed by atoms with Gasteiger partial charge >= 0.3 is 0 Å². The van der Waals surface area contributed by atoms with Crippen LogP contribution >= 0.6 is 7.82 Å². The standard InChI is InChI=1S/C67H125N2O6P/c1-6-8-10-12-14-16-18-20-22-24-26-28-30-32-33-34-35-37-39-41-43-45-47-49-51-53-55-57-59-61-67(71)68-65(64-75-76(72,73)74-63-62-69(3,4)5)66(70)60-58-56-54-52-50-48-46-44-42-40-38-36-31-29-27-25-23-21-19-17-15-13-11-9-7-2/h8,10,14,16,20,22,26,28,32-33,58,60,65-66,70H,6-7,9,11-13,15,17-19,21,23-25,27,29-31,34-57,59,61-64H2,1-5H3,(H-,68,71,72,73)/b10-8-,16-14-,22-20-,28-26-,33-32-,60-58+. The number of rotatable bonds is 59. The number of carbonyl (C=O) groups excluding carboxylic acids is 1. The number of nitrogens with one attached hydrogen (secondary N) is 1. The van der Waals surface area contributed by atoms with Crippen LogP contribution in [0.3, 0.4) is 0 Å². The second-order valence-corrected chi connectivity index (χ2v) is 24.5. The molecule has 3 unspecified atom stereocenters. The molecule has 0 fully saturated rings. The van der Waals surface area contributed by atoms with E-state index in [-0.39, 0.29) is 19.1 Å². The predicted molar refractivity (Wildman–Crippen MR) is 330 cm³/mol. The predicted octanol–water partition coefficient (Wildman–Crippen LogP) is 19.6. The van der Waals surface area contributed by atoms with E-state index in [0.717, 1.165) is 70.6 Å². The van der Waals surface area contributed by atoms with Gasteiger partial charge in [0.2, 0.25) is 5.91 Å². The topological polar surface area (TPSA) is 108 Å². The molecule has 0 radical (unpaired) electrons. The molecule has 0 aliphatic carbocycles. The maximum Gasteiger partial charge on any atom is 0.268 e. The maximum absolute atomic E-state index is 13.0. The summed E-state index contributed by atoms with van der Waals surface area (Å²) < 4.78 is 23.4. The van der Waals surface area contributed by atoms with Crippen LogP contribution in [0.15, 0.2) is 72.9 Å². The summed E-state index contributed by atoms with van der Waals surface area (Å²) in [6, 6.07) is -0.892. The number of hydrogen-bond acceptors (Lipinski definition) is 6. The molecule has 1 amide bonds. The van der Waals surface area contributed by atoms with E-state index in [9.17, 15) is 19.4 Å². The Balaban J connectivity index is 4.14. The van der Waals surface area contributed by atoms with Crippen molar-refractivity contribution in [1.82, 2.24) is 5.32 Å². The van der Waals surface area contributed by atoms with Gasteiger partial charge in [-0.3, -0.25) is 9.36 Å². The highest BCUT2D eigenvalue weighted by Crippen LogP contribution is 2.38. The summed E-state index contributed by atoms with van der Waals surface area (Å²) in [6.45, 7) is 4.57. The molecule has 76 heavy (non-hydrogen) atoms. The van der Waals surface area contributed by atoms with Crippen LogP contribution in [0.2, 0.25) is 0 Å². The van der Waals surface area contributed by atoms with Gasteiger partial charge in [0, 0.05) is 6.42 Å². The lowest BCUT2D eigenvalue weighted by Crippen LogP contribution is -2.45. The van der Waals surface area contributed by atoms with Crippen LogP contribution in [-0.2, 0) is 18.4 Å². The normalized spacial score (nSPS) is 14.2. The number of phosphoric acid groups is 1. The number of likely N-dealkylation sites (N-methyl/N-ethyl adjacent to an activating group) is 1. The van der Waals surface area contributed by atoms with Crippen molar-refractivity contribution in [3.8, 4) is 0 Å². The van der Waals surface area contributed by atoms with Crippen LogP contribution in [0.4, 0.5) is 0 Å². The average molecular weight is 1090 g/mol. The van der Waals surface area contributed by atoms with Gasteiger partial charge in [0.25, 0.3) is 7.82 Å². The van der Waals surface area contributed by atoms with Crippen molar-refractivity contribution >= 4 is 13.7 Å². The SMILES string of the molecule is CC/C=C\C/C=C\C/C=C\C/C=C\C/C=C\CCCCCCCCCCCCCCCC(=O)NC(COP(=O)([O-])OCC[N+](C)(C)C)C(O)/C=C/CCCCCCCCCCCCCCCCCCCCCCCCC. The lowest BCUT2D eigenvalue weighted by molar-refractivity contribution is -0.870. The molecule has 0 rings (SSSR count). The Kier molecular flexibility index (Phi) is 56.1. The number of nitrogens with zero attached hydrogens (tertiary/aromatic N) is 1. The summed E-state index contributed by atoms with van der Waals surface area (Å²) in [4.78, 5) is 25.6. The Hall–Kier alpha value is -2.06. The van der Waals surface area contributed by atoms with Gasteiger partial charge in [0.1, 0.15) is 13.2 Å². The molecule has 8 nitrogen and oxygen atoms in total. The molecule has 0 saturated carbocycles. The molecule has 2 N–H and O–H groups in total. The van der Waals surface area contributed by atoms with E-state index in [4.69, 9.17) is 9.05 Å². The van der Waals surface area contributed by atoms with Gasteiger partial charge in [-0.15, -0.1) is 0 Å². The van der Waals surface area contributed by atoms with E-state index in [1.807, 2.05) is 27.2 Å². The van der Waals surface area contributed by atoms with Gasteiger partial charge in [0.15, 0.2) is 0 Å². The van der Waals surface area contributed by atoms with Crippen molar-refractivity contribution in [2.24, 2.45) is 0 Å². The fourth-order valence-electron chi connectivity index (χ4n) is 9.42. The molecule has 0 aliphatic rings. The highest BCUT2D eigenvalue weighted by molar-refractivity contribution is 7.45. The molecule has 0 spiro atoms. The van der Waals surface area contributed by atoms with Crippen molar-refractivity contribution in [3.63, 3.8) is 0 Å². The highest BCUT2D eigenvalue weighted by Gasteiger charge is 2.23. The minimum absolute atomic E-state index is 0.00274. The van der Waals surface area contributed by atoms with Crippen LogP contribution in [0.25, 0.3) is 0 Å². The van der Waals surface area contributed by atoms with Crippen LogP contribution in [0.5, 0.6) is 0 Å². The first kappa shape index (κ1) is 73.9. The molecule has 0 aromatic heterocycles. The number of allylic oxidation sites excluding steroid dienone is 11. The second kappa shape index (κ2) is 57.6. The summed E-state index contributed by atoms with van der Waals surface area (Å²) >= 11 is 0. The average Bonchev–Trinajstić information content (AvgIpc) is 3.38. The third-order valence-electron chi connectivity index (χ3n) is 14.4. The maximum atomic E-state index is 13.0. The first-order chi connectivity index (χ1) is 37.0. The number of aliphatic hydroxyl groups is 1. The van der Waals surface area contributed by atoms with Crippen LogP contribution in [-0.4, -0.2) is 68.5 Å². The molecule has 0 aromatic carbocycles. The number of aliphatic hydroxyl groups excluding tert-OH is 1. The molecular formula is C67H125N2O6P. The zero-order chi connectivity index (χ0) is 55.6. The lowest BCUT2D eigenvalue weighted by atomic mass is 10.0. The molecule has 444 valence electrons. The minimum atomic E-state index is -4.60. The minimum Gasteiger partial charge on any atom is -0.756 e. The van der Waals surface area contributed by atoms with E-state index >= 15 is 0 Å². The van der Waals surface area contributed by atoms with Gasteiger partial charge in [-0.05, 0) is 64.2 Å². The van der Waals surface area contributed by atoms with Crippen LogP contribution < -0.4 is 10.2 Å². The first-order valence-corrected chi connectivity index (χ1v) is 33.8. The summed E-state index contributed by atoms with van der Waals surface area (Å²) in [5.74, 6) is -0.197. The Labute approximate surface area is 472 Å². The summed E-state index contributed by atoms with van der Waals surface area (Å²) in [5, 5.41) is 13.9. The summed E-state index contributed by atoms with van der Waals surface area (Å²) in [6.07, 6.45) is 79.9. The largest absolute Gasteiger partial charge is 0.756 e. The molecular weight excluding hydrogens is 960 g/mol. The quantitative estimate of drug-likeness (QED) is 0.0272. The van der Waals surface area contributed by atoms with Crippen molar-refractivity contribution in [3.05, 3.63) is 72.9 Å². The third kappa shape index (κ3) is 59.6. The van der Waals surface area contributed by atoms with E-state index in [0.29, 0.717) is 17.4 Å². The van der Waals surface area contributed by atoms with Crippen LogP contribution in [0, 0.1) is 0 Å². The van der Waals surface area contributed by atoms with Crippen molar-refractivity contribution in [2.75, 3.05) is 40.9 Å². The number of amides is 1. The molecule has 0 aromatic rings. The first-order valence-electron chi connectivity index (χ1n) is 32.3. The van der Waals surface area contributed by atoms with E-state index in [2.05, 4.69) is 79.9 Å². The van der Waals surface area contributed by atoms with E-state index in [1.54, 1.807) is 6.08 Å². The molecule has 0 bridgehead atoms. The number of unbranched alkanes of at least 4 members (excludes halogenated alkanes) is 36. The number of quaternary nitrogens is 1. The summed E-state index contributed by atoms with van der Waals surface area (Å²) in [5.41, 5.74) is 0. The molecule has 0 aliphatic heterocycles. The van der Waals surface area contributed by atoms with Crippen molar-refractivity contribution < 1.29 is 32.9 Å². The fourth-order valence-corrected chi connectivity index (χ4v) is 10.1. The van der Waals surface area contributed by atoms with Gasteiger partial charge < -0.3 is 28.8 Å².